The van der Waals surface area contributed by atoms with Crippen LogP contribution >= 0.6 is 0 Å². The molecular formula is C17H26N6O3S. The summed E-state index contributed by atoms with van der Waals surface area (Å²) in [6.45, 7) is 8.62. The minimum Gasteiger partial charge on any atom is -0.378 e. The average molecular weight is 395 g/mol. The van der Waals surface area contributed by atoms with Gasteiger partial charge in [0.05, 0.1) is 25.5 Å². The van der Waals surface area contributed by atoms with E-state index in [0.29, 0.717) is 24.9 Å². The average Bonchev–Trinajstić information content (AvgIpc) is 3.03. The van der Waals surface area contributed by atoms with Crippen molar-refractivity contribution in [3.8, 4) is 0 Å². The van der Waals surface area contributed by atoms with Crippen LogP contribution in [0, 0.1) is 6.92 Å². The summed E-state index contributed by atoms with van der Waals surface area (Å²) in [5.41, 5.74) is 1.41. The van der Waals surface area contributed by atoms with Crippen molar-refractivity contribution in [2.45, 2.75) is 38.3 Å². The summed E-state index contributed by atoms with van der Waals surface area (Å²) in [5, 5.41) is 0.0212. The molecule has 0 unspecified atom stereocenters. The van der Waals surface area contributed by atoms with Gasteiger partial charge in [0.2, 0.25) is 5.95 Å². The number of hydrogen-bond donors (Lipinski definition) is 1. The minimum absolute atomic E-state index is 0.0212. The fourth-order valence-electron chi connectivity index (χ4n) is 2.97. The van der Waals surface area contributed by atoms with Gasteiger partial charge < -0.3 is 14.2 Å². The smallest absolute Gasteiger partial charge is 0.259 e. The van der Waals surface area contributed by atoms with Crippen molar-refractivity contribution in [3.63, 3.8) is 0 Å². The van der Waals surface area contributed by atoms with Crippen LogP contribution in [0.15, 0.2) is 17.3 Å². The minimum atomic E-state index is -3.72. The molecule has 0 radical (unpaired) electrons. The number of aryl methyl sites for hydroxylation is 2. The van der Waals surface area contributed by atoms with Gasteiger partial charge in [0.15, 0.2) is 5.03 Å². The molecule has 3 rings (SSSR count). The molecule has 27 heavy (non-hydrogen) atoms. The second kappa shape index (κ2) is 7.91. The predicted octanol–water partition coefficient (Wildman–Crippen LogP) is 0.957. The fraction of sp³-hybridized carbons (Fsp3) is 0.588. The monoisotopic (exact) mass is 394 g/mol. The largest absolute Gasteiger partial charge is 0.378 e. The van der Waals surface area contributed by atoms with Gasteiger partial charge in [-0.2, -0.15) is 0 Å². The molecule has 0 spiro atoms. The molecule has 0 aromatic carbocycles. The van der Waals surface area contributed by atoms with E-state index < -0.39 is 10.0 Å². The summed E-state index contributed by atoms with van der Waals surface area (Å²) >= 11 is 0. The number of morpholine rings is 1. The van der Waals surface area contributed by atoms with E-state index in [9.17, 15) is 8.42 Å². The molecule has 3 heterocycles. The predicted molar refractivity (Wildman–Crippen MR) is 101 cm³/mol. The Morgan fingerprint density at radius 2 is 1.93 bits per heavy atom. The Hall–Kier alpha value is -2.04. The standard InChI is InChI=1S/C17H26N6O3S/c1-12(2)16-21-15(11-22(16)4)27(24,25)18-10-14-9-13(3)19-17(20-14)23-5-7-26-8-6-23/h9,11-12,18H,5-8,10H2,1-4H3. The number of hydrogen-bond acceptors (Lipinski definition) is 7. The molecule has 1 N–H and O–H groups in total. The summed E-state index contributed by atoms with van der Waals surface area (Å²) < 4.78 is 34.9. The molecule has 1 aliphatic rings. The zero-order chi connectivity index (χ0) is 19.6. The number of aromatic nitrogens is 4. The summed E-state index contributed by atoms with van der Waals surface area (Å²) in [6, 6.07) is 1.78. The van der Waals surface area contributed by atoms with Gasteiger partial charge in [0.1, 0.15) is 5.82 Å². The topological polar surface area (TPSA) is 102 Å². The quantitative estimate of drug-likeness (QED) is 0.778. The third-order valence-corrected chi connectivity index (χ3v) is 5.59. The highest BCUT2D eigenvalue weighted by molar-refractivity contribution is 7.89. The number of rotatable bonds is 6. The van der Waals surface area contributed by atoms with Crippen molar-refractivity contribution in [3.05, 3.63) is 29.5 Å². The van der Waals surface area contributed by atoms with E-state index in [1.54, 1.807) is 17.7 Å². The number of ether oxygens (including phenoxy) is 1. The van der Waals surface area contributed by atoms with E-state index in [1.807, 2.05) is 25.7 Å². The van der Waals surface area contributed by atoms with E-state index in [0.717, 1.165) is 24.6 Å². The van der Waals surface area contributed by atoms with Crippen molar-refractivity contribution < 1.29 is 13.2 Å². The van der Waals surface area contributed by atoms with Crippen molar-refractivity contribution in [1.29, 1.82) is 0 Å². The second-order valence-electron chi connectivity index (χ2n) is 6.93. The molecule has 0 aliphatic carbocycles. The first-order chi connectivity index (χ1) is 12.8. The Kier molecular flexibility index (Phi) is 5.78. The third-order valence-electron chi connectivity index (χ3n) is 4.31. The van der Waals surface area contributed by atoms with Crippen LogP contribution < -0.4 is 9.62 Å². The van der Waals surface area contributed by atoms with Gasteiger partial charge in [-0.25, -0.2) is 28.1 Å². The Labute approximate surface area is 159 Å². The third kappa shape index (κ3) is 4.63. The van der Waals surface area contributed by atoms with Crippen molar-refractivity contribution in [1.82, 2.24) is 24.2 Å². The van der Waals surface area contributed by atoms with Crippen molar-refractivity contribution in [2.75, 3.05) is 31.2 Å². The molecule has 1 aliphatic heterocycles. The van der Waals surface area contributed by atoms with Crippen LogP contribution in [0.4, 0.5) is 5.95 Å². The number of nitrogens with zero attached hydrogens (tertiary/aromatic N) is 5. The first-order valence-electron chi connectivity index (χ1n) is 8.96. The van der Waals surface area contributed by atoms with E-state index in [1.165, 1.54) is 6.20 Å². The first kappa shape index (κ1) is 19.7. The van der Waals surface area contributed by atoms with Crippen LogP contribution in [0.1, 0.15) is 37.0 Å². The van der Waals surface area contributed by atoms with Gasteiger partial charge in [-0.1, -0.05) is 13.8 Å². The number of nitrogens with one attached hydrogen (secondary N) is 1. The van der Waals surface area contributed by atoms with E-state index in [2.05, 4.69) is 19.7 Å². The number of anilines is 1. The number of sulfonamides is 1. The lowest BCUT2D eigenvalue weighted by atomic mass is 10.2. The van der Waals surface area contributed by atoms with Crippen molar-refractivity contribution in [2.24, 2.45) is 7.05 Å². The lowest BCUT2D eigenvalue weighted by molar-refractivity contribution is 0.122. The second-order valence-corrected chi connectivity index (χ2v) is 8.64. The molecular weight excluding hydrogens is 368 g/mol. The molecule has 2 aromatic heterocycles. The Morgan fingerprint density at radius 3 is 2.56 bits per heavy atom. The van der Waals surface area contributed by atoms with Gasteiger partial charge in [-0.05, 0) is 13.0 Å². The Morgan fingerprint density at radius 1 is 1.22 bits per heavy atom. The first-order valence-corrected chi connectivity index (χ1v) is 10.4. The van der Waals surface area contributed by atoms with Crippen LogP contribution in [0.5, 0.6) is 0 Å². The fourth-order valence-corrected chi connectivity index (χ4v) is 3.97. The van der Waals surface area contributed by atoms with Crippen molar-refractivity contribution >= 4 is 16.0 Å². The molecule has 0 bridgehead atoms. The van der Waals surface area contributed by atoms with Crippen LogP contribution in [0.3, 0.4) is 0 Å². The van der Waals surface area contributed by atoms with Crippen LogP contribution in [-0.4, -0.2) is 54.2 Å². The molecule has 0 atom stereocenters. The highest BCUT2D eigenvalue weighted by Gasteiger charge is 2.21. The maximum atomic E-state index is 12.6. The maximum Gasteiger partial charge on any atom is 0.259 e. The van der Waals surface area contributed by atoms with Gasteiger partial charge >= 0.3 is 0 Å². The Bertz CT molecular complexity index is 903. The SMILES string of the molecule is Cc1cc(CNS(=O)(=O)c2cn(C)c(C(C)C)n2)nc(N2CCOCC2)n1. The van der Waals surface area contributed by atoms with Gasteiger partial charge in [-0.15, -0.1) is 0 Å². The Balaban J connectivity index is 1.75. The van der Waals surface area contributed by atoms with Gasteiger partial charge in [-0.3, -0.25) is 0 Å². The van der Waals surface area contributed by atoms with E-state index >= 15 is 0 Å². The van der Waals surface area contributed by atoms with Gasteiger partial charge in [0, 0.05) is 37.9 Å². The highest BCUT2D eigenvalue weighted by atomic mass is 32.2. The lowest BCUT2D eigenvalue weighted by Gasteiger charge is -2.27. The summed E-state index contributed by atoms with van der Waals surface area (Å²) in [6.07, 6.45) is 1.53. The van der Waals surface area contributed by atoms with E-state index in [4.69, 9.17) is 4.74 Å². The molecule has 0 amide bonds. The molecule has 0 saturated carbocycles. The molecule has 1 fully saturated rings. The zero-order valence-corrected chi connectivity index (χ0v) is 17.0. The maximum absolute atomic E-state index is 12.6. The molecule has 2 aromatic rings. The molecule has 9 nitrogen and oxygen atoms in total. The molecule has 148 valence electrons. The zero-order valence-electron chi connectivity index (χ0n) is 16.1. The summed E-state index contributed by atoms with van der Waals surface area (Å²) in [7, 11) is -1.92. The molecule has 10 heteroatoms. The van der Waals surface area contributed by atoms with Crippen LogP contribution in [0.25, 0.3) is 0 Å². The normalized spacial score (nSPS) is 15.5. The molecule has 1 saturated heterocycles. The summed E-state index contributed by atoms with van der Waals surface area (Å²) in [5.74, 6) is 1.47. The lowest BCUT2D eigenvalue weighted by Crippen LogP contribution is -2.37. The van der Waals surface area contributed by atoms with Crippen LogP contribution in [0.2, 0.25) is 0 Å². The summed E-state index contributed by atoms with van der Waals surface area (Å²) in [4.78, 5) is 15.3. The van der Waals surface area contributed by atoms with Gasteiger partial charge in [0.25, 0.3) is 10.0 Å². The van der Waals surface area contributed by atoms with Crippen LogP contribution in [-0.2, 0) is 28.4 Å². The number of imidazole rings is 1. The van der Waals surface area contributed by atoms with E-state index in [-0.39, 0.29) is 17.5 Å². The highest BCUT2D eigenvalue weighted by Crippen LogP contribution is 2.17.